The van der Waals surface area contributed by atoms with Crippen LogP contribution in [0.5, 0.6) is 0 Å². The molecule has 0 fully saturated rings. The monoisotopic (exact) mass is 251 g/mol. The Hall–Kier alpha value is -2.34. The van der Waals surface area contributed by atoms with E-state index in [9.17, 15) is 5.26 Å². The number of aromatic nitrogens is 1. The van der Waals surface area contributed by atoms with Crippen molar-refractivity contribution in [3.63, 3.8) is 0 Å². The number of nitrogens with one attached hydrogen (secondary N) is 1. The summed E-state index contributed by atoms with van der Waals surface area (Å²) >= 11 is 0. The maximum Gasteiger partial charge on any atom is 0.148 e. The van der Waals surface area contributed by atoms with Gasteiger partial charge in [0, 0.05) is 11.4 Å². The molecule has 0 atom stereocenters. The van der Waals surface area contributed by atoms with Crippen LogP contribution in [0.3, 0.4) is 0 Å². The molecule has 96 valence electrons. The predicted octanol–water partition coefficient (Wildman–Crippen LogP) is 3.88. The molecule has 1 aromatic carbocycles. The first-order valence-corrected chi connectivity index (χ1v) is 6.38. The van der Waals surface area contributed by atoms with Crippen LogP contribution in [0, 0.1) is 25.2 Å². The van der Waals surface area contributed by atoms with Gasteiger partial charge in [0.05, 0.1) is 5.56 Å². The van der Waals surface area contributed by atoms with Gasteiger partial charge in [-0.1, -0.05) is 19.1 Å². The molecule has 3 nitrogen and oxygen atoms in total. The van der Waals surface area contributed by atoms with E-state index in [1.165, 1.54) is 5.56 Å². The number of benzene rings is 1. The van der Waals surface area contributed by atoms with Gasteiger partial charge in [-0.15, -0.1) is 0 Å². The van der Waals surface area contributed by atoms with Gasteiger partial charge in [0.25, 0.3) is 0 Å². The zero-order valence-corrected chi connectivity index (χ0v) is 11.5. The third-order valence-electron chi connectivity index (χ3n) is 3.08. The Morgan fingerprint density at radius 3 is 2.47 bits per heavy atom. The lowest BCUT2D eigenvalue weighted by Crippen LogP contribution is -2.00. The molecule has 0 aliphatic heterocycles. The van der Waals surface area contributed by atoms with Crippen molar-refractivity contribution in [3.05, 3.63) is 52.7 Å². The Bertz CT molecular complexity index is 622. The van der Waals surface area contributed by atoms with Crippen molar-refractivity contribution in [2.24, 2.45) is 0 Å². The molecule has 2 rings (SSSR count). The fraction of sp³-hybridized carbons (Fsp3) is 0.250. The van der Waals surface area contributed by atoms with Crippen molar-refractivity contribution in [2.45, 2.75) is 27.2 Å². The van der Waals surface area contributed by atoms with Crippen LogP contribution in [0.4, 0.5) is 11.5 Å². The van der Waals surface area contributed by atoms with E-state index in [1.54, 1.807) is 0 Å². The number of aryl methyl sites for hydroxylation is 3. The summed E-state index contributed by atoms with van der Waals surface area (Å²) < 4.78 is 0. The second-order valence-electron chi connectivity index (χ2n) is 4.59. The van der Waals surface area contributed by atoms with Gasteiger partial charge < -0.3 is 5.32 Å². The van der Waals surface area contributed by atoms with Crippen LogP contribution in [-0.4, -0.2) is 4.98 Å². The van der Waals surface area contributed by atoms with Gasteiger partial charge in [0.1, 0.15) is 11.9 Å². The van der Waals surface area contributed by atoms with E-state index < -0.39 is 0 Å². The Morgan fingerprint density at radius 2 is 1.89 bits per heavy atom. The van der Waals surface area contributed by atoms with Gasteiger partial charge >= 0.3 is 0 Å². The zero-order valence-electron chi connectivity index (χ0n) is 11.5. The molecule has 1 N–H and O–H groups in total. The predicted molar refractivity (Wildman–Crippen MR) is 77.5 cm³/mol. The molecule has 0 aliphatic rings. The van der Waals surface area contributed by atoms with Gasteiger partial charge in [-0.25, -0.2) is 4.98 Å². The number of hydrogen-bond donors (Lipinski definition) is 1. The van der Waals surface area contributed by atoms with Crippen molar-refractivity contribution >= 4 is 11.5 Å². The highest BCUT2D eigenvalue weighted by molar-refractivity contribution is 5.65. The minimum Gasteiger partial charge on any atom is -0.339 e. The van der Waals surface area contributed by atoms with Gasteiger partial charge in [-0.2, -0.15) is 5.26 Å². The van der Waals surface area contributed by atoms with Gasteiger partial charge in [0.2, 0.25) is 0 Å². The Kier molecular flexibility index (Phi) is 3.82. The fourth-order valence-electron chi connectivity index (χ4n) is 2.03. The Labute approximate surface area is 113 Å². The highest BCUT2D eigenvalue weighted by Gasteiger charge is 2.08. The molecular formula is C16H17N3. The SMILES string of the molecule is CCc1ccc(Nc2nc(C)cc(C)c2C#N)cc1. The largest absolute Gasteiger partial charge is 0.339 e. The smallest absolute Gasteiger partial charge is 0.148 e. The topological polar surface area (TPSA) is 48.7 Å². The molecule has 1 aromatic heterocycles. The average molecular weight is 251 g/mol. The molecule has 0 radical (unpaired) electrons. The zero-order chi connectivity index (χ0) is 13.8. The maximum atomic E-state index is 9.22. The summed E-state index contributed by atoms with van der Waals surface area (Å²) in [5, 5.41) is 12.4. The molecule has 19 heavy (non-hydrogen) atoms. The van der Waals surface area contributed by atoms with Crippen LogP contribution < -0.4 is 5.32 Å². The molecule has 0 amide bonds. The third kappa shape index (κ3) is 2.92. The van der Waals surface area contributed by atoms with Gasteiger partial charge in [-0.3, -0.25) is 0 Å². The second kappa shape index (κ2) is 5.53. The summed E-state index contributed by atoms with van der Waals surface area (Å²) in [6.45, 7) is 5.99. The first-order chi connectivity index (χ1) is 9.13. The van der Waals surface area contributed by atoms with E-state index in [1.807, 2.05) is 32.0 Å². The normalized spacial score (nSPS) is 10.0. The summed E-state index contributed by atoms with van der Waals surface area (Å²) in [5.74, 6) is 0.629. The highest BCUT2D eigenvalue weighted by Crippen LogP contribution is 2.22. The summed E-state index contributed by atoms with van der Waals surface area (Å²) in [5.41, 5.74) is 4.70. The van der Waals surface area contributed by atoms with Gasteiger partial charge in [0.15, 0.2) is 0 Å². The molecule has 0 unspecified atom stereocenters. The summed E-state index contributed by atoms with van der Waals surface area (Å²) in [6, 6.07) is 12.3. The van der Waals surface area contributed by atoms with Crippen LogP contribution in [-0.2, 0) is 6.42 Å². The van der Waals surface area contributed by atoms with Crippen LogP contribution in [0.25, 0.3) is 0 Å². The Balaban J connectivity index is 2.34. The van der Waals surface area contributed by atoms with E-state index in [2.05, 4.69) is 35.4 Å². The molecule has 0 spiro atoms. The first kappa shape index (κ1) is 13.1. The first-order valence-electron chi connectivity index (χ1n) is 6.38. The molecule has 0 saturated heterocycles. The standard InChI is InChI=1S/C16H17N3/c1-4-13-5-7-14(8-6-13)19-16-15(10-17)11(2)9-12(3)18-16/h5-9H,4H2,1-3H3,(H,18,19). The van der Waals surface area contributed by atoms with Crippen molar-refractivity contribution in [1.29, 1.82) is 5.26 Å². The van der Waals surface area contributed by atoms with E-state index >= 15 is 0 Å². The van der Waals surface area contributed by atoms with Crippen molar-refractivity contribution in [3.8, 4) is 6.07 Å². The minimum absolute atomic E-state index is 0.602. The molecule has 0 saturated carbocycles. The summed E-state index contributed by atoms with van der Waals surface area (Å²) in [4.78, 5) is 4.41. The summed E-state index contributed by atoms with van der Waals surface area (Å²) in [7, 11) is 0. The lowest BCUT2D eigenvalue weighted by atomic mass is 10.1. The summed E-state index contributed by atoms with van der Waals surface area (Å²) in [6.07, 6.45) is 1.02. The number of anilines is 2. The van der Waals surface area contributed by atoms with Crippen LogP contribution in [0.1, 0.15) is 29.3 Å². The Morgan fingerprint density at radius 1 is 1.21 bits per heavy atom. The number of hydrogen-bond acceptors (Lipinski definition) is 3. The number of rotatable bonds is 3. The highest BCUT2D eigenvalue weighted by atomic mass is 15.0. The molecular weight excluding hydrogens is 234 g/mol. The second-order valence-corrected chi connectivity index (χ2v) is 4.59. The maximum absolute atomic E-state index is 9.22. The fourth-order valence-corrected chi connectivity index (χ4v) is 2.03. The quantitative estimate of drug-likeness (QED) is 0.900. The number of nitriles is 1. The van der Waals surface area contributed by atoms with Crippen LogP contribution >= 0.6 is 0 Å². The molecule has 3 heteroatoms. The van der Waals surface area contributed by atoms with E-state index in [4.69, 9.17) is 0 Å². The van der Waals surface area contributed by atoms with E-state index in [0.717, 1.165) is 23.4 Å². The molecule has 0 bridgehead atoms. The van der Waals surface area contributed by atoms with Crippen molar-refractivity contribution in [1.82, 2.24) is 4.98 Å². The van der Waals surface area contributed by atoms with Crippen LogP contribution in [0.2, 0.25) is 0 Å². The molecule has 0 aliphatic carbocycles. The van der Waals surface area contributed by atoms with Crippen molar-refractivity contribution in [2.75, 3.05) is 5.32 Å². The van der Waals surface area contributed by atoms with Crippen molar-refractivity contribution < 1.29 is 0 Å². The molecule has 1 heterocycles. The third-order valence-corrected chi connectivity index (χ3v) is 3.08. The van der Waals surface area contributed by atoms with E-state index in [-0.39, 0.29) is 0 Å². The van der Waals surface area contributed by atoms with Crippen LogP contribution in [0.15, 0.2) is 30.3 Å². The minimum atomic E-state index is 0.602. The molecule has 2 aromatic rings. The number of pyridine rings is 1. The van der Waals surface area contributed by atoms with Gasteiger partial charge in [-0.05, 0) is 49.6 Å². The lowest BCUT2D eigenvalue weighted by molar-refractivity contribution is 1.14. The van der Waals surface area contributed by atoms with E-state index in [0.29, 0.717) is 11.4 Å². The number of nitrogens with zero attached hydrogens (tertiary/aromatic N) is 2. The average Bonchev–Trinajstić information content (AvgIpc) is 2.39. The lowest BCUT2D eigenvalue weighted by Gasteiger charge is -2.10.